The fourth-order valence-corrected chi connectivity index (χ4v) is 2.89. The minimum absolute atomic E-state index is 0.662. The lowest BCUT2D eigenvalue weighted by atomic mass is 10.2. The smallest absolute Gasteiger partial charge is 0.0615 e. The number of hydrogen-bond acceptors (Lipinski definition) is 3. The number of rotatable bonds is 1. The second-order valence-electron chi connectivity index (χ2n) is 3.54. The highest BCUT2D eigenvalue weighted by Crippen LogP contribution is 2.27. The standard InChI is InChI=1S/C10H13ClN2OS/c11-8-1-2-9(12)10(7-8)13-3-5-15(14)6-4-13/h1-2,7H,3-6,12H2. The predicted molar refractivity (Wildman–Crippen MR) is 66.0 cm³/mol. The van der Waals surface area contributed by atoms with Crippen LogP contribution in [0, 0.1) is 0 Å². The maximum absolute atomic E-state index is 11.2. The van der Waals surface area contributed by atoms with Crippen LogP contribution in [0.1, 0.15) is 0 Å². The molecule has 1 aliphatic heterocycles. The van der Waals surface area contributed by atoms with Crippen molar-refractivity contribution in [3.63, 3.8) is 0 Å². The summed E-state index contributed by atoms with van der Waals surface area (Å²) >= 11 is 5.92. The Morgan fingerprint density at radius 3 is 2.67 bits per heavy atom. The molecule has 1 saturated heterocycles. The highest BCUT2D eigenvalue weighted by Gasteiger charge is 2.17. The molecular formula is C10H13ClN2OS. The number of nitrogens with zero attached hydrogens (tertiary/aromatic N) is 1. The van der Waals surface area contributed by atoms with Crippen LogP contribution >= 0.6 is 11.6 Å². The predicted octanol–water partition coefficient (Wildman–Crippen LogP) is 1.49. The summed E-state index contributed by atoms with van der Waals surface area (Å²) in [5.41, 5.74) is 7.57. The Kier molecular flexibility index (Phi) is 3.17. The second-order valence-corrected chi connectivity index (χ2v) is 5.67. The summed E-state index contributed by atoms with van der Waals surface area (Å²) in [4.78, 5) is 2.14. The van der Waals surface area contributed by atoms with E-state index in [0.717, 1.165) is 24.5 Å². The molecule has 0 atom stereocenters. The normalized spacial score (nSPS) is 18.1. The van der Waals surface area contributed by atoms with Crippen molar-refractivity contribution in [1.29, 1.82) is 0 Å². The van der Waals surface area contributed by atoms with E-state index in [-0.39, 0.29) is 0 Å². The van der Waals surface area contributed by atoms with Crippen LogP contribution in [0.3, 0.4) is 0 Å². The van der Waals surface area contributed by atoms with Crippen molar-refractivity contribution >= 4 is 33.8 Å². The lowest BCUT2D eigenvalue weighted by Crippen LogP contribution is -2.38. The molecule has 0 unspecified atom stereocenters. The third-order valence-electron chi connectivity index (χ3n) is 2.51. The molecule has 1 aromatic carbocycles. The van der Waals surface area contributed by atoms with E-state index >= 15 is 0 Å². The van der Waals surface area contributed by atoms with Crippen molar-refractivity contribution < 1.29 is 4.21 Å². The minimum Gasteiger partial charge on any atom is -0.397 e. The maximum atomic E-state index is 11.2. The number of anilines is 2. The molecule has 0 saturated carbocycles. The van der Waals surface area contributed by atoms with Crippen LogP contribution < -0.4 is 10.6 Å². The average Bonchev–Trinajstić information content (AvgIpc) is 2.23. The van der Waals surface area contributed by atoms with E-state index in [1.54, 1.807) is 6.07 Å². The van der Waals surface area contributed by atoms with E-state index in [1.165, 1.54) is 0 Å². The van der Waals surface area contributed by atoms with Gasteiger partial charge in [0.15, 0.2) is 0 Å². The molecule has 82 valence electrons. The summed E-state index contributed by atoms with van der Waals surface area (Å²) in [6.45, 7) is 1.58. The van der Waals surface area contributed by atoms with Crippen LogP contribution in [0.5, 0.6) is 0 Å². The van der Waals surface area contributed by atoms with Crippen molar-refractivity contribution in [3.05, 3.63) is 23.2 Å². The molecule has 1 aliphatic rings. The first kappa shape index (κ1) is 10.8. The van der Waals surface area contributed by atoms with Gasteiger partial charge in [0.25, 0.3) is 0 Å². The Morgan fingerprint density at radius 2 is 2.00 bits per heavy atom. The Bertz CT molecular complexity index is 387. The molecule has 0 bridgehead atoms. The van der Waals surface area contributed by atoms with Crippen LogP contribution in [-0.4, -0.2) is 28.8 Å². The van der Waals surface area contributed by atoms with E-state index in [4.69, 9.17) is 17.3 Å². The number of hydrogen-bond donors (Lipinski definition) is 1. The van der Waals surface area contributed by atoms with Crippen molar-refractivity contribution in [3.8, 4) is 0 Å². The van der Waals surface area contributed by atoms with Crippen LogP contribution in [0.4, 0.5) is 11.4 Å². The number of nitrogens with two attached hydrogens (primary N) is 1. The van der Waals surface area contributed by atoms with Gasteiger partial charge in [-0.2, -0.15) is 0 Å². The van der Waals surface area contributed by atoms with Crippen molar-refractivity contribution in [2.24, 2.45) is 0 Å². The molecule has 0 amide bonds. The molecule has 3 nitrogen and oxygen atoms in total. The summed E-state index contributed by atoms with van der Waals surface area (Å²) in [6.07, 6.45) is 0. The molecule has 2 N–H and O–H groups in total. The van der Waals surface area contributed by atoms with E-state index in [2.05, 4.69) is 4.90 Å². The topological polar surface area (TPSA) is 46.3 Å². The lowest BCUT2D eigenvalue weighted by molar-refractivity contribution is 0.673. The Labute approximate surface area is 96.7 Å². The molecule has 15 heavy (non-hydrogen) atoms. The lowest BCUT2D eigenvalue weighted by Gasteiger charge is -2.29. The van der Waals surface area contributed by atoms with Gasteiger partial charge in [-0.1, -0.05) is 11.6 Å². The van der Waals surface area contributed by atoms with Gasteiger partial charge >= 0.3 is 0 Å². The Hall–Kier alpha value is -0.740. The average molecular weight is 245 g/mol. The van der Waals surface area contributed by atoms with Crippen molar-refractivity contribution in [1.82, 2.24) is 0 Å². The molecule has 5 heteroatoms. The Morgan fingerprint density at radius 1 is 1.33 bits per heavy atom. The number of benzene rings is 1. The van der Waals surface area contributed by atoms with Crippen molar-refractivity contribution in [2.45, 2.75) is 0 Å². The highest BCUT2D eigenvalue weighted by molar-refractivity contribution is 7.85. The summed E-state index contributed by atoms with van der Waals surface area (Å²) in [5, 5.41) is 0.686. The highest BCUT2D eigenvalue weighted by atomic mass is 35.5. The fourth-order valence-electron chi connectivity index (χ4n) is 1.67. The fraction of sp³-hybridized carbons (Fsp3) is 0.400. The third-order valence-corrected chi connectivity index (χ3v) is 4.02. The molecule has 1 fully saturated rings. The molecule has 0 aliphatic carbocycles. The van der Waals surface area contributed by atoms with Crippen LogP contribution in [0.25, 0.3) is 0 Å². The summed E-state index contributed by atoms with van der Waals surface area (Å²) in [6, 6.07) is 5.46. The zero-order valence-electron chi connectivity index (χ0n) is 8.28. The van der Waals surface area contributed by atoms with E-state index in [9.17, 15) is 4.21 Å². The maximum Gasteiger partial charge on any atom is 0.0615 e. The van der Waals surface area contributed by atoms with Gasteiger partial charge in [0, 0.05) is 40.4 Å². The summed E-state index contributed by atoms with van der Waals surface area (Å²) in [7, 11) is -0.662. The third kappa shape index (κ3) is 2.44. The quantitative estimate of drug-likeness (QED) is 0.762. The van der Waals surface area contributed by atoms with Crippen LogP contribution in [0.15, 0.2) is 18.2 Å². The van der Waals surface area contributed by atoms with Crippen LogP contribution in [0.2, 0.25) is 5.02 Å². The number of nitrogen functional groups attached to an aromatic ring is 1. The summed E-state index contributed by atoms with van der Waals surface area (Å²) < 4.78 is 11.2. The first-order valence-electron chi connectivity index (χ1n) is 4.82. The molecule has 0 spiro atoms. The van der Waals surface area contributed by atoms with Gasteiger partial charge in [0.2, 0.25) is 0 Å². The zero-order valence-corrected chi connectivity index (χ0v) is 9.85. The van der Waals surface area contributed by atoms with Gasteiger partial charge in [-0.25, -0.2) is 0 Å². The monoisotopic (exact) mass is 244 g/mol. The SMILES string of the molecule is Nc1ccc(Cl)cc1N1CCS(=O)CC1. The Balaban J connectivity index is 2.21. The zero-order chi connectivity index (χ0) is 10.8. The molecule has 1 aromatic rings. The first-order valence-corrected chi connectivity index (χ1v) is 6.68. The van der Waals surface area contributed by atoms with E-state index in [1.807, 2.05) is 12.1 Å². The number of halogens is 1. The van der Waals surface area contributed by atoms with Gasteiger partial charge in [-0.15, -0.1) is 0 Å². The van der Waals surface area contributed by atoms with Gasteiger partial charge in [-0.05, 0) is 18.2 Å². The molecule has 2 rings (SSSR count). The first-order chi connectivity index (χ1) is 7.16. The van der Waals surface area contributed by atoms with Gasteiger partial charge in [0.05, 0.1) is 11.4 Å². The van der Waals surface area contributed by atoms with E-state index in [0.29, 0.717) is 16.5 Å². The van der Waals surface area contributed by atoms with Gasteiger partial charge in [-0.3, -0.25) is 4.21 Å². The van der Waals surface area contributed by atoms with Crippen LogP contribution in [-0.2, 0) is 10.8 Å². The molecule has 1 heterocycles. The van der Waals surface area contributed by atoms with Gasteiger partial charge < -0.3 is 10.6 Å². The second kappa shape index (κ2) is 4.41. The molecular weight excluding hydrogens is 232 g/mol. The summed E-state index contributed by atoms with van der Waals surface area (Å²) in [5.74, 6) is 1.43. The molecule has 0 radical (unpaired) electrons. The van der Waals surface area contributed by atoms with Crippen molar-refractivity contribution in [2.75, 3.05) is 35.2 Å². The largest absolute Gasteiger partial charge is 0.397 e. The minimum atomic E-state index is -0.662. The van der Waals surface area contributed by atoms with E-state index < -0.39 is 10.8 Å². The van der Waals surface area contributed by atoms with Gasteiger partial charge in [0.1, 0.15) is 0 Å². The molecule has 0 aromatic heterocycles.